The van der Waals surface area contributed by atoms with Crippen molar-refractivity contribution >= 4 is 16.7 Å². The van der Waals surface area contributed by atoms with Gasteiger partial charge < -0.3 is 15.0 Å². The summed E-state index contributed by atoms with van der Waals surface area (Å²) >= 11 is 0. The first kappa shape index (κ1) is 17.7. The zero-order valence-corrected chi connectivity index (χ0v) is 15.2. The van der Waals surface area contributed by atoms with Crippen LogP contribution >= 0.6 is 0 Å². The molecule has 2 aromatic carbocycles. The van der Waals surface area contributed by atoms with E-state index in [4.69, 9.17) is 4.74 Å². The second kappa shape index (κ2) is 8.34. The number of nitrogens with zero attached hydrogens (tertiary/aromatic N) is 1. The highest BCUT2D eigenvalue weighted by Crippen LogP contribution is 2.26. The van der Waals surface area contributed by atoms with Crippen LogP contribution in [0.2, 0.25) is 0 Å². The van der Waals surface area contributed by atoms with E-state index in [1.165, 1.54) is 25.9 Å². The number of benzene rings is 2. The zero-order chi connectivity index (χ0) is 17.6. The summed E-state index contributed by atoms with van der Waals surface area (Å²) in [6, 6.07) is 14.0. The number of carbonyl (C=O) groups is 1. The molecule has 4 nitrogen and oxygen atoms in total. The molecular formula is C21H28N2O2. The summed E-state index contributed by atoms with van der Waals surface area (Å²) in [6.45, 7) is 4.88. The number of fused-ring (bicyclic) bond motifs is 1. The van der Waals surface area contributed by atoms with Crippen LogP contribution < -0.4 is 10.1 Å². The van der Waals surface area contributed by atoms with E-state index in [-0.39, 0.29) is 5.91 Å². The van der Waals surface area contributed by atoms with Gasteiger partial charge in [-0.1, -0.05) is 36.4 Å². The van der Waals surface area contributed by atoms with Crippen LogP contribution in [0.3, 0.4) is 0 Å². The molecule has 0 aromatic heterocycles. The van der Waals surface area contributed by atoms with E-state index < -0.39 is 6.10 Å². The Morgan fingerprint density at radius 1 is 1.20 bits per heavy atom. The molecule has 0 unspecified atom stereocenters. The Hall–Kier alpha value is -2.07. The zero-order valence-electron chi connectivity index (χ0n) is 15.2. The molecule has 1 saturated heterocycles. The van der Waals surface area contributed by atoms with Gasteiger partial charge in [0.1, 0.15) is 5.75 Å². The minimum absolute atomic E-state index is 0.0409. The van der Waals surface area contributed by atoms with Gasteiger partial charge >= 0.3 is 0 Å². The van der Waals surface area contributed by atoms with Crippen LogP contribution in [0.4, 0.5) is 0 Å². The molecule has 2 aromatic rings. The molecule has 1 aliphatic heterocycles. The van der Waals surface area contributed by atoms with E-state index in [9.17, 15) is 4.79 Å². The second-order valence-corrected chi connectivity index (χ2v) is 7.06. The van der Waals surface area contributed by atoms with Crippen molar-refractivity contribution in [3.8, 4) is 5.75 Å². The minimum atomic E-state index is -0.497. The lowest BCUT2D eigenvalue weighted by molar-refractivity contribution is -0.127. The standard InChI is InChI=1S/C21H28N2O2/c1-16(21(24)22-13-10-17-11-14-23(2)15-12-17)25-20-9-5-7-18-6-3-4-8-19(18)20/h3-9,16-17H,10-15H2,1-2H3,(H,22,24)/t16-/m0/s1. The number of hydrogen-bond acceptors (Lipinski definition) is 3. The number of rotatable bonds is 6. The first-order valence-electron chi connectivity index (χ1n) is 9.24. The van der Waals surface area contributed by atoms with Crippen LogP contribution in [0.5, 0.6) is 5.75 Å². The van der Waals surface area contributed by atoms with Crippen molar-refractivity contribution in [3.63, 3.8) is 0 Å². The first-order chi connectivity index (χ1) is 12.1. The molecule has 1 atom stereocenters. The fraction of sp³-hybridized carbons (Fsp3) is 0.476. The van der Waals surface area contributed by atoms with E-state index in [0.29, 0.717) is 0 Å². The average molecular weight is 340 g/mol. The monoisotopic (exact) mass is 340 g/mol. The number of amides is 1. The Kier molecular flexibility index (Phi) is 5.92. The summed E-state index contributed by atoms with van der Waals surface area (Å²) in [4.78, 5) is 14.7. The Morgan fingerprint density at radius 2 is 1.92 bits per heavy atom. The van der Waals surface area contributed by atoms with Gasteiger partial charge in [-0.25, -0.2) is 0 Å². The van der Waals surface area contributed by atoms with E-state index in [2.05, 4.69) is 29.4 Å². The third kappa shape index (κ3) is 4.73. The van der Waals surface area contributed by atoms with Gasteiger partial charge in [0.15, 0.2) is 6.10 Å². The molecule has 1 heterocycles. The number of hydrogen-bond donors (Lipinski definition) is 1. The molecule has 25 heavy (non-hydrogen) atoms. The van der Waals surface area contributed by atoms with Gasteiger partial charge in [-0.15, -0.1) is 0 Å². The van der Waals surface area contributed by atoms with Crippen LogP contribution in [0.15, 0.2) is 42.5 Å². The van der Waals surface area contributed by atoms with Gasteiger partial charge in [0, 0.05) is 11.9 Å². The Labute approximate surface area is 150 Å². The normalized spacial score (nSPS) is 17.4. The maximum Gasteiger partial charge on any atom is 0.260 e. The van der Waals surface area contributed by atoms with Crippen LogP contribution in [0.1, 0.15) is 26.2 Å². The lowest BCUT2D eigenvalue weighted by atomic mass is 9.94. The highest BCUT2D eigenvalue weighted by atomic mass is 16.5. The smallest absolute Gasteiger partial charge is 0.260 e. The Morgan fingerprint density at radius 3 is 2.72 bits per heavy atom. The van der Waals surface area contributed by atoms with Crippen molar-refractivity contribution in [1.82, 2.24) is 10.2 Å². The van der Waals surface area contributed by atoms with E-state index in [1.54, 1.807) is 0 Å². The number of likely N-dealkylation sites (tertiary alicyclic amines) is 1. The maximum absolute atomic E-state index is 12.3. The van der Waals surface area contributed by atoms with Crippen molar-refractivity contribution in [1.29, 1.82) is 0 Å². The van der Waals surface area contributed by atoms with Gasteiger partial charge in [0.2, 0.25) is 0 Å². The van der Waals surface area contributed by atoms with Crippen molar-refractivity contribution < 1.29 is 9.53 Å². The molecule has 4 heteroatoms. The Bertz CT molecular complexity index is 703. The molecule has 1 fully saturated rings. The van der Waals surface area contributed by atoms with Gasteiger partial charge in [-0.05, 0) is 63.7 Å². The SMILES string of the molecule is C[C@H](Oc1cccc2ccccc12)C(=O)NCCC1CCN(C)CC1. The third-order valence-corrected chi connectivity index (χ3v) is 5.11. The lowest BCUT2D eigenvalue weighted by Crippen LogP contribution is -2.38. The molecule has 0 spiro atoms. The fourth-order valence-corrected chi connectivity index (χ4v) is 3.44. The number of carbonyl (C=O) groups excluding carboxylic acids is 1. The molecule has 0 radical (unpaired) electrons. The average Bonchev–Trinajstić information content (AvgIpc) is 2.63. The van der Waals surface area contributed by atoms with E-state index >= 15 is 0 Å². The summed E-state index contributed by atoms with van der Waals surface area (Å²) < 4.78 is 5.93. The number of ether oxygens (including phenoxy) is 1. The first-order valence-corrected chi connectivity index (χ1v) is 9.24. The summed E-state index contributed by atoms with van der Waals surface area (Å²) in [5.74, 6) is 1.45. The molecule has 1 N–H and O–H groups in total. The van der Waals surface area contributed by atoms with Crippen LogP contribution in [0.25, 0.3) is 10.8 Å². The lowest BCUT2D eigenvalue weighted by Gasteiger charge is -2.29. The molecule has 3 rings (SSSR count). The van der Waals surface area contributed by atoms with Crippen molar-refractivity contribution in [2.45, 2.75) is 32.3 Å². The van der Waals surface area contributed by atoms with Gasteiger partial charge in [0.25, 0.3) is 5.91 Å². The van der Waals surface area contributed by atoms with Crippen molar-refractivity contribution in [2.24, 2.45) is 5.92 Å². The largest absolute Gasteiger partial charge is 0.480 e. The summed E-state index contributed by atoms with van der Waals surface area (Å²) in [5.41, 5.74) is 0. The van der Waals surface area contributed by atoms with Crippen LogP contribution in [0, 0.1) is 5.92 Å². The predicted molar refractivity (Wildman–Crippen MR) is 102 cm³/mol. The number of piperidine rings is 1. The molecule has 134 valence electrons. The third-order valence-electron chi connectivity index (χ3n) is 5.11. The van der Waals surface area contributed by atoms with Gasteiger partial charge in [0.05, 0.1) is 0 Å². The van der Waals surface area contributed by atoms with Gasteiger partial charge in [-0.3, -0.25) is 4.79 Å². The summed E-state index contributed by atoms with van der Waals surface area (Å²) in [5, 5.41) is 5.19. The number of nitrogens with one attached hydrogen (secondary N) is 1. The van der Waals surface area contributed by atoms with Crippen molar-refractivity contribution in [2.75, 3.05) is 26.7 Å². The molecule has 0 aliphatic carbocycles. The molecule has 0 bridgehead atoms. The highest BCUT2D eigenvalue weighted by molar-refractivity contribution is 5.89. The van der Waals surface area contributed by atoms with Crippen LogP contribution in [-0.4, -0.2) is 43.6 Å². The van der Waals surface area contributed by atoms with Crippen LogP contribution in [-0.2, 0) is 4.79 Å². The quantitative estimate of drug-likeness (QED) is 0.876. The highest BCUT2D eigenvalue weighted by Gasteiger charge is 2.18. The molecule has 1 amide bonds. The van der Waals surface area contributed by atoms with E-state index in [1.807, 2.05) is 37.3 Å². The molecular weight excluding hydrogens is 312 g/mol. The Balaban J connectivity index is 1.49. The van der Waals surface area contributed by atoms with Crippen molar-refractivity contribution in [3.05, 3.63) is 42.5 Å². The molecule has 0 saturated carbocycles. The maximum atomic E-state index is 12.3. The predicted octanol–water partition coefficient (Wildman–Crippen LogP) is 3.46. The minimum Gasteiger partial charge on any atom is -0.480 e. The fourth-order valence-electron chi connectivity index (χ4n) is 3.44. The summed E-state index contributed by atoms with van der Waals surface area (Å²) in [7, 11) is 2.17. The topological polar surface area (TPSA) is 41.6 Å². The van der Waals surface area contributed by atoms with E-state index in [0.717, 1.165) is 35.4 Å². The second-order valence-electron chi connectivity index (χ2n) is 7.06. The summed E-state index contributed by atoms with van der Waals surface area (Å²) in [6.07, 6.45) is 3.02. The van der Waals surface area contributed by atoms with Gasteiger partial charge in [-0.2, -0.15) is 0 Å². The molecule has 1 aliphatic rings.